The highest BCUT2D eigenvalue weighted by Crippen LogP contribution is 2.32. The largest absolute Gasteiger partial charge is 0.495 e. The van der Waals surface area contributed by atoms with Gasteiger partial charge >= 0.3 is 0 Å². The number of amides is 2. The lowest BCUT2D eigenvalue weighted by atomic mass is 10.0. The Bertz CT molecular complexity index is 1630. The molecular formula is C33H34BrN3O5S. The van der Waals surface area contributed by atoms with Crippen molar-refractivity contribution in [2.24, 2.45) is 0 Å². The van der Waals surface area contributed by atoms with E-state index in [1.807, 2.05) is 61.5 Å². The molecule has 10 heteroatoms. The Morgan fingerprint density at radius 3 is 2.14 bits per heavy atom. The summed E-state index contributed by atoms with van der Waals surface area (Å²) in [5.74, 6) is -0.583. The van der Waals surface area contributed by atoms with Gasteiger partial charge in [0.05, 0.1) is 17.7 Å². The van der Waals surface area contributed by atoms with E-state index in [0.717, 1.165) is 19.9 Å². The minimum Gasteiger partial charge on any atom is -0.495 e. The van der Waals surface area contributed by atoms with Gasteiger partial charge in [-0.05, 0) is 54.4 Å². The summed E-state index contributed by atoms with van der Waals surface area (Å²) in [6.45, 7) is 1.71. The first-order valence-electron chi connectivity index (χ1n) is 13.8. The SMILES string of the molecule is CCNC(=O)[C@H](Cc1ccccc1)N(Cc1cccc(Br)c1)C(=O)CN(c1ccccc1OC)S(=O)(=O)c1ccccc1. The molecule has 4 rings (SSSR count). The summed E-state index contributed by atoms with van der Waals surface area (Å²) in [4.78, 5) is 29.5. The van der Waals surface area contributed by atoms with Gasteiger partial charge in [0.25, 0.3) is 10.0 Å². The number of hydrogen-bond acceptors (Lipinski definition) is 5. The van der Waals surface area contributed by atoms with Gasteiger partial charge in [-0.3, -0.25) is 13.9 Å². The maximum Gasteiger partial charge on any atom is 0.264 e. The van der Waals surface area contributed by atoms with Crippen molar-refractivity contribution >= 4 is 43.5 Å². The normalized spacial score (nSPS) is 11.8. The van der Waals surface area contributed by atoms with Crippen LogP contribution in [0, 0.1) is 0 Å². The molecule has 0 bridgehead atoms. The number of nitrogens with zero attached hydrogens (tertiary/aromatic N) is 2. The van der Waals surface area contributed by atoms with Gasteiger partial charge in [0.2, 0.25) is 11.8 Å². The number of hydrogen-bond donors (Lipinski definition) is 1. The number of rotatable bonds is 13. The Morgan fingerprint density at radius 2 is 1.49 bits per heavy atom. The van der Waals surface area contributed by atoms with Crippen molar-refractivity contribution in [3.8, 4) is 5.75 Å². The standard InChI is InChI=1S/C33H34BrN3O5S/c1-3-35-33(39)30(22-25-13-6-4-7-14-25)36(23-26-15-12-16-27(34)21-26)32(38)24-37(29-19-10-11-20-31(29)42-2)43(40,41)28-17-8-5-9-18-28/h4-21,30H,3,22-24H2,1-2H3,(H,35,39)/t30-/m0/s1. The monoisotopic (exact) mass is 663 g/mol. The molecule has 1 atom stereocenters. The summed E-state index contributed by atoms with van der Waals surface area (Å²) in [7, 11) is -2.77. The molecule has 0 aliphatic rings. The summed E-state index contributed by atoms with van der Waals surface area (Å²) in [5, 5.41) is 2.86. The minimum absolute atomic E-state index is 0.0248. The van der Waals surface area contributed by atoms with E-state index in [2.05, 4.69) is 21.2 Å². The highest BCUT2D eigenvalue weighted by Gasteiger charge is 2.35. The minimum atomic E-state index is -4.21. The number of ether oxygens (including phenoxy) is 1. The first-order chi connectivity index (χ1) is 20.7. The third kappa shape index (κ3) is 8.03. The van der Waals surface area contributed by atoms with Crippen LogP contribution in [0.1, 0.15) is 18.1 Å². The average Bonchev–Trinajstić information content (AvgIpc) is 3.02. The number of para-hydroxylation sites is 2. The molecule has 8 nitrogen and oxygen atoms in total. The van der Waals surface area contributed by atoms with E-state index >= 15 is 0 Å². The Balaban J connectivity index is 1.82. The Hall–Kier alpha value is -4.15. The highest BCUT2D eigenvalue weighted by molar-refractivity contribution is 9.10. The number of carbonyl (C=O) groups excluding carboxylic acids is 2. The third-order valence-electron chi connectivity index (χ3n) is 6.83. The fraction of sp³-hybridized carbons (Fsp3) is 0.212. The van der Waals surface area contributed by atoms with Crippen molar-refractivity contribution in [1.82, 2.24) is 10.2 Å². The molecular weight excluding hydrogens is 630 g/mol. The topological polar surface area (TPSA) is 96.0 Å². The van der Waals surface area contributed by atoms with Crippen molar-refractivity contribution in [3.63, 3.8) is 0 Å². The molecule has 4 aromatic rings. The van der Waals surface area contributed by atoms with Crippen LogP contribution in [0.5, 0.6) is 5.75 Å². The number of sulfonamides is 1. The van der Waals surface area contributed by atoms with Gasteiger partial charge < -0.3 is 15.0 Å². The van der Waals surface area contributed by atoms with Crippen molar-refractivity contribution in [1.29, 1.82) is 0 Å². The van der Waals surface area contributed by atoms with Crippen LogP contribution in [-0.4, -0.2) is 51.4 Å². The molecule has 0 unspecified atom stereocenters. The van der Waals surface area contributed by atoms with Crippen LogP contribution < -0.4 is 14.4 Å². The summed E-state index contributed by atoms with van der Waals surface area (Å²) in [6, 6.07) is 30.5. The van der Waals surface area contributed by atoms with E-state index in [1.165, 1.54) is 24.1 Å². The number of anilines is 1. The molecule has 0 aromatic heterocycles. The van der Waals surface area contributed by atoms with Crippen LogP contribution >= 0.6 is 15.9 Å². The summed E-state index contributed by atoms with van der Waals surface area (Å²) in [6.07, 6.45) is 0.243. The van der Waals surface area contributed by atoms with Crippen LogP contribution in [0.2, 0.25) is 0 Å². The average molecular weight is 665 g/mol. The van der Waals surface area contributed by atoms with E-state index in [-0.39, 0.29) is 35.2 Å². The van der Waals surface area contributed by atoms with Crippen LogP contribution in [0.3, 0.4) is 0 Å². The van der Waals surface area contributed by atoms with Gasteiger partial charge in [0.1, 0.15) is 18.3 Å². The molecule has 0 saturated heterocycles. The second kappa shape index (κ2) is 14.8. The molecule has 0 aliphatic heterocycles. The molecule has 0 saturated carbocycles. The zero-order chi connectivity index (χ0) is 30.8. The molecule has 0 fully saturated rings. The quantitative estimate of drug-likeness (QED) is 0.206. The molecule has 4 aromatic carbocycles. The van der Waals surface area contributed by atoms with Gasteiger partial charge in [0.15, 0.2) is 0 Å². The molecule has 0 spiro atoms. The first-order valence-corrected chi connectivity index (χ1v) is 16.0. The lowest BCUT2D eigenvalue weighted by Crippen LogP contribution is -2.53. The van der Waals surface area contributed by atoms with Gasteiger partial charge in [-0.25, -0.2) is 8.42 Å². The zero-order valence-electron chi connectivity index (χ0n) is 24.0. The number of nitrogens with one attached hydrogen (secondary N) is 1. The maximum absolute atomic E-state index is 14.4. The lowest BCUT2D eigenvalue weighted by Gasteiger charge is -2.34. The summed E-state index contributed by atoms with van der Waals surface area (Å²) in [5.41, 5.74) is 1.85. The van der Waals surface area contributed by atoms with Crippen molar-refractivity contribution in [2.45, 2.75) is 30.8 Å². The van der Waals surface area contributed by atoms with Crippen molar-refractivity contribution in [3.05, 3.63) is 125 Å². The predicted octanol–water partition coefficient (Wildman–Crippen LogP) is 5.43. The van der Waals surface area contributed by atoms with Crippen molar-refractivity contribution < 1.29 is 22.7 Å². The number of carbonyl (C=O) groups is 2. The van der Waals surface area contributed by atoms with Gasteiger partial charge in [0, 0.05) is 24.0 Å². The van der Waals surface area contributed by atoms with E-state index in [9.17, 15) is 18.0 Å². The fourth-order valence-corrected chi connectivity index (χ4v) is 6.64. The van der Waals surface area contributed by atoms with E-state index in [0.29, 0.717) is 6.54 Å². The molecule has 0 heterocycles. The molecule has 0 aliphatic carbocycles. The molecule has 43 heavy (non-hydrogen) atoms. The van der Waals surface area contributed by atoms with Crippen LogP contribution in [0.25, 0.3) is 0 Å². The maximum atomic E-state index is 14.4. The summed E-state index contributed by atoms with van der Waals surface area (Å²) >= 11 is 3.49. The Labute approximate surface area is 261 Å². The second-order valence-electron chi connectivity index (χ2n) is 9.75. The number of benzene rings is 4. The number of methoxy groups -OCH3 is 1. The van der Waals surface area contributed by atoms with Crippen LogP contribution in [-0.2, 0) is 32.6 Å². The molecule has 1 N–H and O–H groups in total. The molecule has 0 radical (unpaired) electrons. The van der Waals surface area contributed by atoms with Gasteiger partial charge in [-0.2, -0.15) is 0 Å². The highest BCUT2D eigenvalue weighted by atomic mass is 79.9. The number of halogens is 1. The summed E-state index contributed by atoms with van der Waals surface area (Å²) < 4.78 is 35.5. The van der Waals surface area contributed by atoms with E-state index in [1.54, 1.807) is 42.5 Å². The fourth-order valence-electron chi connectivity index (χ4n) is 4.75. The van der Waals surface area contributed by atoms with Crippen molar-refractivity contribution in [2.75, 3.05) is 24.5 Å². The third-order valence-corrected chi connectivity index (χ3v) is 9.10. The lowest BCUT2D eigenvalue weighted by molar-refractivity contribution is -0.140. The molecule has 2 amide bonds. The second-order valence-corrected chi connectivity index (χ2v) is 12.5. The smallest absolute Gasteiger partial charge is 0.264 e. The predicted molar refractivity (Wildman–Crippen MR) is 171 cm³/mol. The van der Waals surface area contributed by atoms with Gasteiger partial charge in [-0.15, -0.1) is 0 Å². The van der Waals surface area contributed by atoms with Crippen LogP contribution in [0.15, 0.2) is 119 Å². The first kappa shape index (κ1) is 31.8. The van der Waals surface area contributed by atoms with E-state index in [4.69, 9.17) is 4.74 Å². The Kier molecular flexibility index (Phi) is 11.0. The Morgan fingerprint density at radius 1 is 0.860 bits per heavy atom. The van der Waals surface area contributed by atoms with E-state index < -0.39 is 28.5 Å². The number of likely N-dealkylation sites (N-methyl/N-ethyl adjacent to an activating group) is 1. The van der Waals surface area contributed by atoms with Gasteiger partial charge in [-0.1, -0.05) is 88.7 Å². The zero-order valence-corrected chi connectivity index (χ0v) is 26.4. The van der Waals surface area contributed by atoms with Crippen LogP contribution in [0.4, 0.5) is 5.69 Å². The molecule has 224 valence electrons.